The Labute approximate surface area is 118 Å². The summed E-state index contributed by atoms with van der Waals surface area (Å²) < 4.78 is 38.9. The molecule has 0 radical (unpaired) electrons. The van der Waals surface area contributed by atoms with Crippen molar-refractivity contribution in [3.8, 4) is 0 Å². The molecule has 0 aliphatic rings. The average Bonchev–Trinajstić information content (AvgIpc) is 2.76. The summed E-state index contributed by atoms with van der Waals surface area (Å²) in [6.45, 7) is 1.73. The summed E-state index contributed by atoms with van der Waals surface area (Å²) in [5.74, 6) is -0.426. The highest BCUT2D eigenvalue weighted by Gasteiger charge is 2.30. The number of hydrogen-bond acceptors (Lipinski definition) is 3. The minimum Gasteiger partial charge on any atom is -0.397 e. The van der Waals surface area contributed by atoms with Gasteiger partial charge < -0.3 is 11.1 Å². The number of anilines is 2. The molecule has 0 bridgehead atoms. The van der Waals surface area contributed by atoms with Crippen molar-refractivity contribution >= 4 is 17.3 Å². The van der Waals surface area contributed by atoms with Crippen molar-refractivity contribution in [3.05, 3.63) is 41.7 Å². The van der Waals surface area contributed by atoms with E-state index in [0.29, 0.717) is 0 Å². The Morgan fingerprint density at radius 1 is 1.38 bits per heavy atom. The van der Waals surface area contributed by atoms with Gasteiger partial charge >= 0.3 is 6.18 Å². The highest BCUT2D eigenvalue weighted by molar-refractivity contribution is 5.93. The summed E-state index contributed by atoms with van der Waals surface area (Å²) >= 11 is 0. The Balaban J connectivity index is 2.07. The predicted molar refractivity (Wildman–Crippen MR) is 71.5 cm³/mol. The van der Waals surface area contributed by atoms with Gasteiger partial charge in [-0.25, -0.2) is 0 Å². The number of nitrogens with zero attached hydrogens (tertiary/aromatic N) is 2. The molecule has 2 aromatic rings. The lowest BCUT2D eigenvalue weighted by Gasteiger charge is -2.12. The van der Waals surface area contributed by atoms with Gasteiger partial charge in [-0.15, -0.1) is 0 Å². The third-order valence-corrected chi connectivity index (χ3v) is 2.73. The molecule has 0 fully saturated rings. The summed E-state index contributed by atoms with van der Waals surface area (Å²) in [5.41, 5.74) is 5.42. The summed E-state index contributed by atoms with van der Waals surface area (Å²) in [6.07, 6.45) is -2.84. The Hall–Kier alpha value is -2.51. The maximum absolute atomic E-state index is 12.5. The molecule has 0 atom stereocenters. The molecule has 0 aliphatic heterocycles. The van der Waals surface area contributed by atoms with E-state index in [1.807, 2.05) is 0 Å². The normalized spacial score (nSPS) is 11.4. The number of rotatable bonds is 3. The van der Waals surface area contributed by atoms with Crippen LogP contribution in [0.15, 0.2) is 30.5 Å². The number of carbonyl (C=O) groups excluding carboxylic acids is 1. The highest BCUT2D eigenvalue weighted by atomic mass is 19.4. The molecular formula is C13H13F3N4O. The van der Waals surface area contributed by atoms with Crippen molar-refractivity contribution in [2.24, 2.45) is 0 Å². The Morgan fingerprint density at radius 2 is 2.10 bits per heavy atom. The van der Waals surface area contributed by atoms with E-state index in [-0.39, 0.29) is 17.9 Å². The van der Waals surface area contributed by atoms with Gasteiger partial charge in [0.05, 0.1) is 22.6 Å². The van der Waals surface area contributed by atoms with Gasteiger partial charge in [0.2, 0.25) is 5.91 Å². The van der Waals surface area contributed by atoms with Gasteiger partial charge in [-0.2, -0.15) is 18.3 Å². The fraction of sp³-hybridized carbons (Fsp3) is 0.231. The second kappa shape index (κ2) is 5.47. The molecule has 1 aromatic heterocycles. The summed E-state index contributed by atoms with van der Waals surface area (Å²) in [7, 11) is 0. The van der Waals surface area contributed by atoms with Crippen LogP contribution in [0.3, 0.4) is 0 Å². The molecule has 0 saturated carbocycles. The van der Waals surface area contributed by atoms with Crippen LogP contribution in [0.4, 0.5) is 24.5 Å². The zero-order valence-electron chi connectivity index (χ0n) is 11.1. The van der Waals surface area contributed by atoms with Gasteiger partial charge in [-0.05, 0) is 31.2 Å². The number of aryl methyl sites for hydroxylation is 1. The van der Waals surface area contributed by atoms with Crippen LogP contribution in [0.5, 0.6) is 0 Å². The number of nitrogens with two attached hydrogens (primary N) is 1. The average molecular weight is 298 g/mol. The Kier molecular flexibility index (Phi) is 3.88. The van der Waals surface area contributed by atoms with E-state index in [1.54, 1.807) is 19.2 Å². The van der Waals surface area contributed by atoms with Gasteiger partial charge in [0.25, 0.3) is 0 Å². The van der Waals surface area contributed by atoms with Crippen molar-refractivity contribution in [2.45, 2.75) is 19.6 Å². The minimum atomic E-state index is -4.47. The SMILES string of the molecule is Cc1ccn(CC(=O)Nc2ccc(C(F)(F)F)cc2N)n1. The van der Waals surface area contributed by atoms with Crippen molar-refractivity contribution in [3.63, 3.8) is 0 Å². The second-order valence-electron chi connectivity index (χ2n) is 4.50. The van der Waals surface area contributed by atoms with Crippen LogP contribution >= 0.6 is 0 Å². The molecule has 5 nitrogen and oxygen atoms in total. The van der Waals surface area contributed by atoms with Gasteiger partial charge in [0.15, 0.2) is 0 Å². The largest absolute Gasteiger partial charge is 0.416 e. The van der Waals surface area contributed by atoms with Crippen molar-refractivity contribution < 1.29 is 18.0 Å². The monoisotopic (exact) mass is 298 g/mol. The molecule has 8 heteroatoms. The first-order valence-electron chi connectivity index (χ1n) is 6.02. The number of hydrogen-bond donors (Lipinski definition) is 2. The molecule has 1 heterocycles. The Bertz CT molecular complexity index is 664. The topological polar surface area (TPSA) is 72.9 Å². The molecule has 112 valence electrons. The predicted octanol–water partition coefficient (Wildman–Crippen LogP) is 2.43. The minimum absolute atomic E-state index is 0.0473. The number of benzene rings is 1. The molecule has 0 aliphatic carbocycles. The van der Waals surface area contributed by atoms with E-state index in [4.69, 9.17) is 5.73 Å². The van der Waals surface area contributed by atoms with Gasteiger partial charge in [-0.3, -0.25) is 9.48 Å². The molecular weight excluding hydrogens is 285 g/mol. The van der Waals surface area contributed by atoms with E-state index in [9.17, 15) is 18.0 Å². The first-order chi connectivity index (χ1) is 9.75. The zero-order chi connectivity index (χ0) is 15.6. The second-order valence-corrected chi connectivity index (χ2v) is 4.50. The van der Waals surface area contributed by atoms with Crippen LogP contribution in [0, 0.1) is 6.92 Å². The van der Waals surface area contributed by atoms with E-state index in [1.165, 1.54) is 4.68 Å². The number of nitrogen functional groups attached to an aromatic ring is 1. The lowest BCUT2D eigenvalue weighted by molar-refractivity contribution is -0.137. The van der Waals surface area contributed by atoms with Gasteiger partial charge in [-0.1, -0.05) is 0 Å². The Morgan fingerprint density at radius 3 is 2.62 bits per heavy atom. The van der Waals surface area contributed by atoms with E-state index in [2.05, 4.69) is 10.4 Å². The van der Waals surface area contributed by atoms with Crippen LogP contribution in [0.25, 0.3) is 0 Å². The third-order valence-electron chi connectivity index (χ3n) is 2.73. The molecule has 0 spiro atoms. The third kappa shape index (κ3) is 3.74. The maximum Gasteiger partial charge on any atom is 0.416 e. The van der Waals surface area contributed by atoms with Gasteiger partial charge in [0.1, 0.15) is 6.54 Å². The fourth-order valence-electron chi connectivity index (χ4n) is 1.74. The van der Waals surface area contributed by atoms with E-state index < -0.39 is 17.6 Å². The summed E-state index contributed by atoms with van der Waals surface area (Å²) in [5, 5.41) is 6.49. The molecule has 0 unspecified atom stereocenters. The number of aromatic nitrogens is 2. The van der Waals surface area contributed by atoms with E-state index in [0.717, 1.165) is 23.9 Å². The molecule has 21 heavy (non-hydrogen) atoms. The lowest BCUT2D eigenvalue weighted by Crippen LogP contribution is -2.20. The zero-order valence-corrected chi connectivity index (χ0v) is 11.1. The highest BCUT2D eigenvalue weighted by Crippen LogP contribution is 2.32. The van der Waals surface area contributed by atoms with E-state index >= 15 is 0 Å². The first-order valence-corrected chi connectivity index (χ1v) is 6.02. The van der Waals surface area contributed by atoms with Crippen LogP contribution in [-0.4, -0.2) is 15.7 Å². The van der Waals surface area contributed by atoms with Crippen LogP contribution in [0.2, 0.25) is 0 Å². The molecule has 3 N–H and O–H groups in total. The van der Waals surface area contributed by atoms with Crippen LogP contribution < -0.4 is 11.1 Å². The lowest BCUT2D eigenvalue weighted by atomic mass is 10.1. The fourth-order valence-corrected chi connectivity index (χ4v) is 1.74. The number of amides is 1. The van der Waals surface area contributed by atoms with Crippen LogP contribution in [-0.2, 0) is 17.5 Å². The number of carbonyl (C=O) groups is 1. The molecule has 2 rings (SSSR count). The first kappa shape index (κ1) is 14.9. The van der Waals surface area contributed by atoms with Crippen LogP contribution in [0.1, 0.15) is 11.3 Å². The summed E-state index contributed by atoms with van der Waals surface area (Å²) in [6, 6.07) is 4.52. The van der Waals surface area contributed by atoms with Crippen molar-refractivity contribution in [1.82, 2.24) is 9.78 Å². The standard InChI is InChI=1S/C13H13F3N4O/c1-8-4-5-20(19-8)7-12(21)18-11-3-2-9(6-10(11)17)13(14,15)16/h2-6H,7,17H2,1H3,(H,18,21). The van der Waals surface area contributed by atoms with Gasteiger partial charge in [0, 0.05) is 6.20 Å². The molecule has 1 amide bonds. The number of nitrogens with one attached hydrogen (secondary N) is 1. The smallest absolute Gasteiger partial charge is 0.397 e. The maximum atomic E-state index is 12.5. The summed E-state index contributed by atoms with van der Waals surface area (Å²) in [4.78, 5) is 11.8. The van der Waals surface area contributed by atoms with Crippen molar-refractivity contribution in [2.75, 3.05) is 11.1 Å². The molecule has 0 saturated heterocycles. The molecule has 1 aromatic carbocycles. The van der Waals surface area contributed by atoms with Crippen molar-refractivity contribution in [1.29, 1.82) is 0 Å². The number of alkyl halides is 3. The number of halogens is 3. The quantitative estimate of drug-likeness (QED) is 0.855.